The summed E-state index contributed by atoms with van der Waals surface area (Å²) in [6.45, 7) is 4.13. The molecular weight excluding hydrogens is 300 g/mol. The summed E-state index contributed by atoms with van der Waals surface area (Å²) in [6, 6.07) is 10.7. The first-order chi connectivity index (χ1) is 11.6. The summed E-state index contributed by atoms with van der Waals surface area (Å²) in [6.07, 6.45) is 7.57. The molecule has 0 saturated heterocycles. The van der Waals surface area contributed by atoms with E-state index in [1.165, 1.54) is 5.69 Å². The van der Waals surface area contributed by atoms with E-state index in [-0.39, 0.29) is 18.6 Å². The van der Waals surface area contributed by atoms with Gasteiger partial charge in [-0.2, -0.15) is 0 Å². The molecule has 2 unspecified atom stereocenters. The number of likely N-dealkylation sites (N-methyl/N-ethyl adjacent to an activating group) is 1. The molecule has 0 fully saturated rings. The highest BCUT2D eigenvalue weighted by molar-refractivity contribution is 5.45. The maximum atomic E-state index is 9.82. The second kappa shape index (κ2) is 9.02. The highest BCUT2D eigenvalue weighted by Crippen LogP contribution is 2.34. The van der Waals surface area contributed by atoms with Gasteiger partial charge >= 0.3 is 0 Å². The van der Waals surface area contributed by atoms with Crippen molar-refractivity contribution in [2.45, 2.75) is 25.8 Å². The second-order valence-electron chi connectivity index (χ2n) is 6.86. The number of allylic oxidation sites excluding steroid dienone is 2. The number of hydrogen-bond acceptors (Lipinski definition) is 4. The Hall–Kier alpha value is -1.62. The Morgan fingerprint density at radius 1 is 1.25 bits per heavy atom. The molecule has 0 heterocycles. The van der Waals surface area contributed by atoms with E-state index < -0.39 is 0 Å². The number of para-hydroxylation sites is 1. The summed E-state index contributed by atoms with van der Waals surface area (Å²) in [5.74, 6) is 0. The molecule has 1 aromatic rings. The zero-order chi connectivity index (χ0) is 17.4. The van der Waals surface area contributed by atoms with Crippen LogP contribution in [-0.2, 0) is 0 Å². The standard InChI is InChI=1S/C20H30N2O2/c1-17(14-22(2)19-8-4-3-5-9-19)21-12-11-20(16-24)10-6-7-18(13-20)15-23/h3-10,17,21,23-24H,11-16H2,1-2H3. The van der Waals surface area contributed by atoms with Gasteiger partial charge in [-0.15, -0.1) is 0 Å². The molecule has 0 spiro atoms. The lowest BCUT2D eigenvalue weighted by molar-refractivity contribution is 0.151. The van der Waals surface area contributed by atoms with Crippen molar-refractivity contribution in [3.8, 4) is 0 Å². The van der Waals surface area contributed by atoms with Gasteiger partial charge in [0.1, 0.15) is 0 Å². The van der Waals surface area contributed by atoms with E-state index in [4.69, 9.17) is 0 Å². The van der Waals surface area contributed by atoms with Crippen LogP contribution in [0.1, 0.15) is 19.8 Å². The first-order valence-electron chi connectivity index (χ1n) is 8.67. The summed E-state index contributed by atoms with van der Waals surface area (Å²) in [4.78, 5) is 2.24. The smallest absolute Gasteiger partial charge is 0.0645 e. The number of nitrogens with zero attached hydrogens (tertiary/aromatic N) is 1. The summed E-state index contributed by atoms with van der Waals surface area (Å²) in [5.41, 5.74) is 1.96. The van der Waals surface area contributed by atoms with Gasteiger partial charge in [0.2, 0.25) is 0 Å². The van der Waals surface area contributed by atoms with Gasteiger partial charge in [-0.05, 0) is 44.0 Å². The Morgan fingerprint density at radius 3 is 2.67 bits per heavy atom. The van der Waals surface area contributed by atoms with E-state index in [1.807, 2.05) is 18.2 Å². The second-order valence-corrected chi connectivity index (χ2v) is 6.86. The molecule has 0 aliphatic heterocycles. The van der Waals surface area contributed by atoms with Crippen LogP contribution in [-0.4, -0.2) is 49.6 Å². The fraction of sp³-hybridized carbons (Fsp3) is 0.500. The van der Waals surface area contributed by atoms with Gasteiger partial charge in [-0.25, -0.2) is 0 Å². The van der Waals surface area contributed by atoms with Crippen LogP contribution in [0.3, 0.4) is 0 Å². The van der Waals surface area contributed by atoms with Gasteiger partial charge in [0.05, 0.1) is 13.2 Å². The first kappa shape index (κ1) is 18.7. The molecule has 24 heavy (non-hydrogen) atoms. The van der Waals surface area contributed by atoms with E-state index in [1.54, 1.807) is 0 Å². The van der Waals surface area contributed by atoms with Gasteiger partial charge in [-0.1, -0.05) is 36.4 Å². The van der Waals surface area contributed by atoms with E-state index in [0.717, 1.165) is 31.5 Å². The van der Waals surface area contributed by atoms with Crippen molar-refractivity contribution in [2.24, 2.45) is 5.41 Å². The maximum Gasteiger partial charge on any atom is 0.0645 e. The van der Waals surface area contributed by atoms with Gasteiger partial charge in [0.15, 0.2) is 0 Å². The number of aliphatic hydroxyl groups is 2. The minimum absolute atomic E-state index is 0.0673. The molecule has 4 heteroatoms. The summed E-state index contributed by atoms with van der Waals surface area (Å²) in [7, 11) is 2.10. The van der Waals surface area contributed by atoms with E-state index >= 15 is 0 Å². The van der Waals surface area contributed by atoms with Crippen LogP contribution in [0.2, 0.25) is 0 Å². The molecule has 2 atom stereocenters. The quantitative estimate of drug-likeness (QED) is 0.650. The predicted molar refractivity (Wildman–Crippen MR) is 100 cm³/mol. The Labute approximate surface area is 145 Å². The SMILES string of the molecule is CC(CN(C)c1ccccc1)NCCC1(CO)C=CC=C(CO)C1. The first-order valence-corrected chi connectivity index (χ1v) is 8.67. The van der Waals surface area contributed by atoms with Gasteiger partial charge in [0.25, 0.3) is 0 Å². The lowest BCUT2D eigenvalue weighted by Gasteiger charge is -2.32. The average molecular weight is 330 g/mol. The molecule has 3 N–H and O–H groups in total. The van der Waals surface area contributed by atoms with Crippen molar-refractivity contribution < 1.29 is 10.2 Å². The van der Waals surface area contributed by atoms with Gasteiger partial charge in [0, 0.05) is 30.7 Å². The third kappa shape index (κ3) is 5.20. The largest absolute Gasteiger partial charge is 0.395 e. The lowest BCUT2D eigenvalue weighted by atomic mass is 9.76. The number of nitrogens with one attached hydrogen (secondary N) is 1. The topological polar surface area (TPSA) is 55.7 Å². The molecule has 1 aliphatic carbocycles. The Kier molecular flexibility index (Phi) is 7.03. The molecule has 0 radical (unpaired) electrons. The fourth-order valence-electron chi connectivity index (χ4n) is 3.26. The van der Waals surface area contributed by atoms with Crippen molar-refractivity contribution in [3.63, 3.8) is 0 Å². The third-order valence-corrected chi connectivity index (χ3v) is 4.74. The monoisotopic (exact) mass is 330 g/mol. The van der Waals surface area contributed by atoms with Crippen molar-refractivity contribution in [3.05, 3.63) is 54.1 Å². The highest BCUT2D eigenvalue weighted by atomic mass is 16.3. The molecule has 0 aromatic heterocycles. The third-order valence-electron chi connectivity index (χ3n) is 4.74. The number of anilines is 1. The molecule has 4 nitrogen and oxygen atoms in total. The molecular formula is C20H30N2O2. The Morgan fingerprint density at radius 2 is 2.00 bits per heavy atom. The van der Waals surface area contributed by atoms with E-state index in [0.29, 0.717) is 6.04 Å². The summed E-state index contributed by atoms with van der Waals surface area (Å²) < 4.78 is 0. The number of benzene rings is 1. The van der Waals surface area contributed by atoms with Crippen LogP contribution < -0.4 is 10.2 Å². The maximum absolute atomic E-state index is 9.82. The molecule has 132 valence electrons. The van der Waals surface area contributed by atoms with Crippen molar-refractivity contribution in [1.29, 1.82) is 0 Å². The number of aliphatic hydroxyl groups excluding tert-OH is 2. The zero-order valence-corrected chi connectivity index (χ0v) is 14.8. The minimum Gasteiger partial charge on any atom is -0.395 e. The minimum atomic E-state index is -0.245. The van der Waals surface area contributed by atoms with E-state index in [9.17, 15) is 10.2 Å². The van der Waals surface area contributed by atoms with Crippen LogP contribution in [0.5, 0.6) is 0 Å². The molecule has 2 rings (SSSR count). The molecule has 0 bridgehead atoms. The lowest BCUT2D eigenvalue weighted by Crippen LogP contribution is -2.40. The van der Waals surface area contributed by atoms with E-state index in [2.05, 4.69) is 54.5 Å². The molecule has 1 aromatic carbocycles. The number of rotatable bonds is 9. The molecule has 0 amide bonds. The summed E-state index contributed by atoms with van der Waals surface area (Å²) >= 11 is 0. The highest BCUT2D eigenvalue weighted by Gasteiger charge is 2.28. The summed E-state index contributed by atoms with van der Waals surface area (Å²) in [5, 5.41) is 22.7. The normalized spacial score (nSPS) is 21.4. The average Bonchev–Trinajstić information content (AvgIpc) is 2.62. The van der Waals surface area contributed by atoms with Crippen LogP contribution in [0.25, 0.3) is 0 Å². The van der Waals surface area contributed by atoms with Crippen LogP contribution >= 0.6 is 0 Å². The van der Waals surface area contributed by atoms with Crippen molar-refractivity contribution in [1.82, 2.24) is 5.32 Å². The van der Waals surface area contributed by atoms with Gasteiger partial charge < -0.3 is 20.4 Å². The van der Waals surface area contributed by atoms with Gasteiger partial charge in [-0.3, -0.25) is 0 Å². The Bertz CT molecular complexity index is 556. The van der Waals surface area contributed by atoms with Crippen molar-refractivity contribution in [2.75, 3.05) is 38.3 Å². The van der Waals surface area contributed by atoms with Crippen LogP contribution in [0.4, 0.5) is 5.69 Å². The zero-order valence-electron chi connectivity index (χ0n) is 14.8. The fourth-order valence-corrected chi connectivity index (χ4v) is 3.26. The van der Waals surface area contributed by atoms with Crippen LogP contribution in [0.15, 0.2) is 54.1 Å². The molecule has 0 saturated carbocycles. The van der Waals surface area contributed by atoms with Crippen molar-refractivity contribution >= 4 is 5.69 Å². The van der Waals surface area contributed by atoms with Crippen LogP contribution in [0, 0.1) is 5.41 Å². The molecule has 1 aliphatic rings. The predicted octanol–water partition coefficient (Wildman–Crippen LogP) is 2.35. The number of hydrogen-bond donors (Lipinski definition) is 3. The Balaban J connectivity index is 1.78.